The molecule has 0 atom stereocenters. The van der Waals surface area contributed by atoms with E-state index in [0.29, 0.717) is 11.4 Å². The molecule has 0 aliphatic carbocycles. The van der Waals surface area contributed by atoms with Crippen molar-refractivity contribution in [1.29, 1.82) is 0 Å². The predicted octanol–water partition coefficient (Wildman–Crippen LogP) is 3.13. The van der Waals surface area contributed by atoms with Gasteiger partial charge < -0.3 is 14.7 Å². The molecule has 22 heavy (non-hydrogen) atoms. The van der Waals surface area contributed by atoms with Gasteiger partial charge in [-0.15, -0.1) is 11.3 Å². The van der Waals surface area contributed by atoms with E-state index in [0.717, 1.165) is 16.1 Å². The van der Waals surface area contributed by atoms with Crippen molar-refractivity contribution in [2.75, 3.05) is 32.2 Å². The Labute approximate surface area is 134 Å². The number of nitrogens with zero attached hydrogens (tertiary/aromatic N) is 1. The standard InChI is InChI=1S/C17H19NO3S/c1-18(11-12-19)14-6-3-13(4-7-14)5-8-15-9-10-16(22-15)17(20)21-2/h3-10,19H,11-12H2,1-2H3. The van der Waals surface area contributed by atoms with Gasteiger partial charge in [0.2, 0.25) is 0 Å². The molecule has 0 aliphatic rings. The molecule has 0 spiro atoms. The van der Waals surface area contributed by atoms with Gasteiger partial charge in [0.1, 0.15) is 4.88 Å². The molecule has 1 aromatic heterocycles. The summed E-state index contributed by atoms with van der Waals surface area (Å²) in [4.78, 5) is 15.0. The second-order valence-electron chi connectivity index (χ2n) is 4.76. The molecule has 2 rings (SSSR count). The molecule has 0 unspecified atom stereocenters. The summed E-state index contributed by atoms with van der Waals surface area (Å²) in [6.07, 6.45) is 3.98. The monoisotopic (exact) mass is 317 g/mol. The maximum absolute atomic E-state index is 11.4. The minimum absolute atomic E-state index is 0.138. The van der Waals surface area contributed by atoms with E-state index in [2.05, 4.69) is 0 Å². The summed E-state index contributed by atoms with van der Waals surface area (Å²) in [6, 6.07) is 11.7. The quantitative estimate of drug-likeness (QED) is 0.832. The van der Waals surface area contributed by atoms with Gasteiger partial charge in [-0.1, -0.05) is 18.2 Å². The van der Waals surface area contributed by atoms with Crippen molar-refractivity contribution in [2.45, 2.75) is 0 Å². The molecule has 0 amide bonds. The summed E-state index contributed by atoms with van der Waals surface area (Å²) >= 11 is 1.40. The third kappa shape index (κ3) is 4.19. The third-order valence-corrected chi connectivity index (χ3v) is 4.25. The van der Waals surface area contributed by atoms with Gasteiger partial charge >= 0.3 is 5.97 Å². The summed E-state index contributed by atoms with van der Waals surface area (Å²) in [7, 11) is 3.33. The molecule has 5 heteroatoms. The lowest BCUT2D eigenvalue weighted by Gasteiger charge is -2.17. The maximum Gasteiger partial charge on any atom is 0.348 e. The van der Waals surface area contributed by atoms with E-state index < -0.39 is 0 Å². The molecule has 116 valence electrons. The number of anilines is 1. The maximum atomic E-state index is 11.4. The molecule has 0 aliphatic heterocycles. The smallest absolute Gasteiger partial charge is 0.348 e. The molecular formula is C17H19NO3S. The van der Waals surface area contributed by atoms with Crippen LogP contribution in [-0.2, 0) is 4.74 Å². The average molecular weight is 317 g/mol. The number of aliphatic hydroxyl groups is 1. The van der Waals surface area contributed by atoms with Gasteiger partial charge in [-0.25, -0.2) is 4.79 Å². The fraction of sp³-hybridized carbons (Fsp3) is 0.235. The van der Waals surface area contributed by atoms with Crippen LogP contribution in [0.4, 0.5) is 5.69 Å². The lowest BCUT2D eigenvalue weighted by molar-refractivity contribution is 0.0606. The Kier molecular flexibility index (Phi) is 5.75. The molecule has 4 nitrogen and oxygen atoms in total. The summed E-state index contributed by atoms with van der Waals surface area (Å²) in [5.74, 6) is -0.305. The minimum Gasteiger partial charge on any atom is -0.465 e. The lowest BCUT2D eigenvalue weighted by atomic mass is 10.2. The Bertz CT molecular complexity index is 646. The number of methoxy groups -OCH3 is 1. The number of benzene rings is 1. The van der Waals surface area contributed by atoms with Gasteiger partial charge in [0, 0.05) is 24.2 Å². The van der Waals surface area contributed by atoms with Crippen molar-refractivity contribution in [2.24, 2.45) is 0 Å². The number of carbonyl (C=O) groups is 1. The van der Waals surface area contributed by atoms with Crippen molar-refractivity contribution in [3.63, 3.8) is 0 Å². The first-order valence-electron chi connectivity index (χ1n) is 6.92. The number of esters is 1. The average Bonchev–Trinajstić information content (AvgIpc) is 3.02. The largest absolute Gasteiger partial charge is 0.465 e. The topological polar surface area (TPSA) is 49.8 Å². The molecule has 1 N–H and O–H groups in total. The molecule has 2 aromatic rings. The van der Waals surface area contributed by atoms with Crippen molar-refractivity contribution in [3.8, 4) is 0 Å². The fourth-order valence-electron chi connectivity index (χ4n) is 1.95. The first-order valence-corrected chi connectivity index (χ1v) is 7.74. The zero-order chi connectivity index (χ0) is 15.9. The predicted molar refractivity (Wildman–Crippen MR) is 91.4 cm³/mol. The number of hydrogen-bond acceptors (Lipinski definition) is 5. The van der Waals surface area contributed by atoms with E-state index >= 15 is 0 Å². The highest BCUT2D eigenvalue weighted by Crippen LogP contribution is 2.21. The van der Waals surface area contributed by atoms with Crippen LogP contribution in [0.15, 0.2) is 36.4 Å². The Morgan fingerprint density at radius 2 is 1.95 bits per heavy atom. The van der Waals surface area contributed by atoms with Crippen LogP contribution >= 0.6 is 11.3 Å². The highest BCUT2D eigenvalue weighted by molar-refractivity contribution is 7.14. The van der Waals surface area contributed by atoms with Gasteiger partial charge in [-0.2, -0.15) is 0 Å². The normalized spacial score (nSPS) is 10.9. The van der Waals surface area contributed by atoms with Crippen LogP contribution in [0.1, 0.15) is 20.1 Å². The summed E-state index contributed by atoms with van der Waals surface area (Å²) < 4.78 is 4.69. The molecule has 0 saturated carbocycles. The van der Waals surface area contributed by atoms with Crippen LogP contribution < -0.4 is 4.90 Å². The fourth-order valence-corrected chi connectivity index (χ4v) is 2.78. The molecule has 1 aromatic carbocycles. The van der Waals surface area contributed by atoms with E-state index in [1.807, 2.05) is 54.4 Å². The Morgan fingerprint density at radius 3 is 2.59 bits per heavy atom. The minimum atomic E-state index is -0.305. The van der Waals surface area contributed by atoms with Gasteiger partial charge in [-0.3, -0.25) is 0 Å². The first-order chi connectivity index (χ1) is 10.6. The van der Waals surface area contributed by atoms with E-state index in [9.17, 15) is 4.79 Å². The first kappa shape index (κ1) is 16.3. The van der Waals surface area contributed by atoms with Crippen LogP contribution in [0.2, 0.25) is 0 Å². The van der Waals surface area contributed by atoms with E-state index in [1.54, 1.807) is 6.07 Å². The van der Waals surface area contributed by atoms with E-state index in [4.69, 9.17) is 9.84 Å². The SMILES string of the molecule is COC(=O)c1ccc(C=Cc2ccc(N(C)CCO)cc2)s1. The van der Waals surface area contributed by atoms with Gasteiger partial charge in [0.15, 0.2) is 0 Å². The van der Waals surface area contributed by atoms with E-state index in [-0.39, 0.29) is 12.6 Å². The van der Waals surface area contributed by atoms with Crippen LogP contribution in [0.3, 0.4) is 0 Å². The molecule has 0 saturated heterocycles. The molecule has 0 bridgehead atoms. The van der Waals surface area contributed by atoms with Crippen molar-refractivity contribution >= 4 is 35.1 Å². The molecule has 1 heterocycles. The number of ether oxygens (including phenoxy) is 1. The molecule has 0 fully saturated rings. The number of carbonyl (C=O) groups excluding carboxylic acids is 1. The number of aliphatic hydroxyl groups excluding tert-OH is 1. The van der Waals surface area contributed by atoms with Crippen LogP contribution in [-0.4, -0.2) is 38.4 Å². The number of thiophene rings is 1. The summed E-state index contributed by atoms with van der Waals surface area (Å²) in [6.45, 7) is 0.750. The number of rotatable bonds is 6. The van der Waals surface area contributed by atoms with Crippen LogP contribution in [0, 0.1) is 0 Å². The Morgan fingerprint density at radius 1 is 1.23 bits per heavy atom. The number of likely N-dealkylation sites (N-methyl/N-ethyl adjacent to an activating group) is 1. The van der Waals surface area contributed by atoms with Crippen LogP contribution in [0.5, 0.6) is 0 Å². The van der Waals surface area contributed by atoms with Gasteiger partial charge in [0.05, 0.1) is 13.7 Å². The van der Waals surface area contributed by atoms with Crippen molar-refractivity contribution in [1.82, 2.24) is 0 Å². The molecular weight excluding hydrogens is 298 g/mol. The molecule has 0 radical (unpaired) electrons. The van der Waals surface area contributed by atoms with Crippen molar-refractivity contribution < 1.29 is 14.6 Å². The van der Waals surface area contributed by atoms with Gasteiger partial charge in [-0.05, 0) is 35.9 Å². The lowest BCUT2D eigenvalue weighted by Crippen LogP contribution is -2.20. The summed E-state index contributed by atoms with van der Waals surface area (Å²) in [5, 5.41) is 8.94. The van der Waals surface area contributed by atoms with E-state index in [1.165, 1.54) is 18.4 Å². The Balaban J connectivity index is 2.04. The Hall–Kier alpha value is -2.11. The zero-order valence-electron chi connectivity index (χ0n) is 12.7. The highest BCUT2D eigenvalue weighted by atomic mass is 32.1. The second-order valence-corrected chi connectivity index (χ2v) is 5.88. The highest BCUT2D eigenvalue weighted by Gasteiger charge is 2.07. The summed E-state index contributed by atoms with van der Waals surface area (Å²) in [5.41, 5.74) is 2.14. The number of hydrogen-bond donors (Lipinski definition) is 1. The van der Waals surface area contributed by atoms with Crippen LogP contribution in [0.25, 0.3) is 12.2 Å². The second kappa shape index (κ2) is 7.77. The van der Waals surface area contributed by atoms with Crippen molar-refractivity contribution in [3.05, 3.63) is 51.7 Å². The third-order valence-electron chi connectivity index (χ3n) is 3.22. The van der Waals surface area contributed by atoms with Gasteiger partial charge in [0.25, 0.3) is 0 Å². The zero-order valence-corrected chi connectivity index (χ0v) is 13.5.